The van der Waals surface area contributed by atoms with Crippen molar-refractivity contribution in [3.05, 3.63) is 65.0 Å². The Morgan fingerprint density at radius 3 is 2.60 bits per heavy atom. The summed E-state index contributed by atoms with van der Waals surface area (Å²) in [6, 6.07) is 14.3. The second-order valence-electron chi connectivity index (χ2n) is 8.22. The molecule has 0 saturated carbocycles. The number of nitrogens with zero attached hydrogens (tertiary/aromatic N) is 5. The van der Waals surface area contributed by atoms with Gasteiger partial charge in [-0.25, -0.2) is 9.97 Å². The molecule has 2 aromatic heterocycles. The van der Waals surface area contributed by atoms with Gasteiger partial charge in [-0.15, -0.1) is 0 Å². The third-order valence-electron chi connectivity index (χ3n) is 5.87. The van der Waals surface area contributed by atoms with Gasteiger partial charge in [0.15, 0.2) is 0 Å². The fourth-order valence-electron chi connectivity index (χ4n) is 4.14. The number of hydrogen-bond acceptors (Lipinski definition) is 5. The number of anilines is 1. The normalized spacial score (nSPS) is 15.5. The van der Waals surface area contributed by atoms with Crippen LogP contribution in [0.3, 0.4) is 0 Å². The highest BCUT2D eigenvalue weighted by atomic mass is 16.1. The van der Waals surface area contributed by atoms with Crippen LogP contribution in [0.25, 0.3) is 21.9 Å². The van der Waals surface area contributed by atoms with E-state index in [2.05, 4.69) is 25.8 Å². The lowest BCUT2D eigenvalue weighted by atomic mass is 10.2. The van der Waals surface area contributed by atoms with Gasteiger partial charge in [0.2, 0.25) is 0 Å². The van der Waals surface area contributed by atoms with Crippen molar-refractivity contribution in [3.63, 3.8) is 0 Å². The van der Waals surface area contributed by atoms with Crippen LogP contribution in [0, 0.1) is 0 Å². The van der Waals surface area contributed by atoms with Crippen molar-refractivity contribution in [1.82, 2.24) is 24.4 Å². The molecule has 4 aromatic rings. The van der Waals surface area contributed by atoms with Gasteiger partial charge < -0.3 is 9.88 Å². The number of aromatic nitrogens is 4. The van der Waals surface area contributed by atoms with E-state index in [0.717, 1.165) is 60.8 Å². The van der Waals surface area contributed by atoms with E-state index in [1.807, 2.05) is 50.2 Å². The van der Waals surface area contributed by atoms with E-state index < -0.39 is 0 Å². The molecule has 30 heavy (non-hydrogen) atoms. The lowest BCUT2D eigenvalue weighted by Gasteiger charge is -2.35. The maximum atomic E-state index is 12.6. The maximum absolute atomic E-state index is 12.6. The largest absolute Gasteiger partial charge is 0.369 e. The van der Waals surface area contributed by atoms with E-state index in [0.29, 0.717) is 5.39 Å². The van der Waals surface area contributed by atoms with Gasteiger partial charge in [0.1, 0.15) is 5.82 Å². The summed E-state index contributed by atoms with van der Waals surface area (Å²) >= 11 is 0. The Bertz CT molecular complexity index is 1220. The Kier molecular flexibility index (Phi) is 4.75. The summed E-state index contributed by atoms with van der Waals surface area (Å²) in [6.07, 6.45) is 1.66. The molecule has 0 radical (unpaired) electrons. The number of H-pyrrole nitrogens is 1. The highest BCUT2D eigenvalue weighted by Gasteiger charge is 2.19. The minimum atomic E-state index is 0.0252. The van der Waals surface area contributed by atoms with Crippen LogP contribution in [-0.2, 0) is 6.54 Å². The molecule has 5 rings (SSSR count). The zero-order valence-corrected chi connectivity index (χ0v) is 17.4. The van der Waals surface area contributed by atoms with Gasteiger partial charge in [-0.3, -0.25) is 14.3 Å². The van der Waals surface area contributed by atoms with E-state index in [-0.39, 0.29) is 11.6 Å². The molecule has 1 aliphatic heterocycles. The molecule has 7 heteroatoms. The van der Waals surface area contributed by atoms with Crippen LogP contribution >= 0.6 is 0 Å². The summed E-state index contributed by atoms with van der Waals surface area (Å²) in [7, 11) is 0. The number of rotatable bonds is 4. The van der Waals surface area contributed by atoms with Gasteiger partial charge >= 0.3 is 0 Å². The smallest absolute Gasteiger partial charge is 0.261 e. The van der Waals surface area contributed by atoms with Crippen molar-refractivity contribution in [2.75, 3.05) is 31.1 Å². The third kappa shape index (κ3) is 3.45. The Balaban J connectivity index is 1.28. The first-order valence-electron chi connectivity index (χ1n) is 10.5. The van der Waals surface area contributed by atoms with E-state index in [4.69, 9.17) is 4.98 Å². The SMILES string of the molecule is CC(C)n1cnc2cc(N3CCN(Cc4nc5ccccc5[nH]4)CC3)ccc2c1=O. The number of aromatic amines is 1. The average Bonchev–Trinajstić information content (AvgIpc) is 3.16. The van der Waals surface area contributed by atoms with Crippen molar-refractivity contribution in [3.8, 4) is 0 Å². The van der Waals surface area contributed by atoms with Crippen LogP contribution in [-0.4, -0.2) is 50.6 Å². The van der Waals surface area contributed by atoms with Crippen LogP contribution in [0.1, 0.15) is 25.7 Å². The predicted octanol–water partition coefficient (Wildman–Crippen LogP) is 3.18. The van der Waals surface area contributed by atoms with Gasteiger partial charge in [-0.2, -0.15) is 0 Å². The fourth-order valence-corrected chi connectivity index (χ4v) is 4.14. The Morgan fingerprint density at radius 2 is 1.83 bits per heavy atom. The molecule has 0 bridgehead atoms. The maximum Gasteiger partial charge on any atom is 0.261 e. The van der Waals surface area contributed by atoms with Crippen LogP contribution < -0.4 is 10.5 Å². The molecule has 1 aliphatic rings. The van der Waals surface area contributed by atoms with Gasteiger partial charge in [0.05, 0.1) is 34.8 Å². The molecule has 2 aromatic carbocycles. The number of nitrogens with one attached hydrogen (secondary N) is 1. The molecule has 0 unspecified atom stereocenters. The summed E-state index contributed by atoms with van der Waals surface area (Å²) < 4.78 is 1.68. The summed E-state index contributed by atoms with van der Waals surface area (Å²) in [5.74, 6) is 1.01. The molecule has 0 aliphatic carbocycles. The van der Waals surface area contributed by atoms with E-state index in [1.54, 1.807) is 10.9 Å². The summed E-state index contributed by atoms with van der Waals surface area (Å²) in [4.78, 5) is 30.1. The second-order valence-corrected chi connectivity index (χ2v) is 8.22. The fraction of sp³-hybridized carbons (Fsp3) is 0.348. The van der Waals surface area contributed by atoms with Gasteiger partial charge in [0.25, 0.3) is 5.56 Å². The van der Waals surface area contributed by atoms with Crippen LogP contribution in [0.15, 0.2) is 53.6 Å². The van der Waals surface area contributed by atoms with Gasteiger partial charge in [-0.05, 0) is 44.2 Å². The monoisotopic (exact) mass is 402 g/mol. The highest BCUT2D eigenvalue weighted by molar-refractivity contribution is 5.81. The average molecular weight is 403 g/mol. The molecule has 7 nitrogen and oxygen atoms in total. The van der Waals surface area contributed by atoms with Crippen molar-refractivity contribution >= 4 is 27.6 Å². The molecule has 1 fully saturated rings. The van der Waals surface area contributed by atoms with E-state index >= 15 is 0 Å². The molecular formula is C23H26N6O. The number of hydrogen-bond donors (Lipinski definition) is 1. The second kappa shape index (κ2) is 7.57. The quantitative estimate of drug-likeness (QED) is 0.568. The summed E-state index contributed by atoms with van der Waals surface area (Å²) in [5, 5.41) is 0.679. The minimum Gasteiger partial charge on any atom is -0.369 e. The number of piperazine rings is 1. The highest BCUT2D eigenvalue weighted by Crippen LogP contribution is 2.21. The van der Waals surface area contributed by atoms with Crippen LogP contribution in [0.5, 0.6) is 0 Å². The van der Waals surface area contributed by atoms with E-state index in [1.165, 1.54) is 0 Å². The molecule has 3 heterocycles. The Hall–Kier alpha value is -3.19. The van der Waals surface area contributed by atoms with Crippen molar-refractivity contribution in [1.29, 1.82) is 0 Å². The lowest BCUT2D eigenvalue weighted by molar-refractivity contribution is 0.245. The zero-order chi connectivity index (χ0) is 20.7. The molecule has 154 valence electrons. The van der Waals surface area contributed by atoms with Gasteiger partial charge in [-0.1, -0.05) is 12.1 Å². The molecule has 1 saturated heterocycles. The van der Waals surface area contributed by atoms with Crippen LogP contribution in [0.4, 0.5) is 5.69 Å². The van der Waals surface area contributed by atoms with Crippen molar-refractivity contribution < 1.29 is 0 Å². The van der Waals surface area contributed by atoms with Gasteiger partial charge in [0, 0.05) is 37.9 Å². The molecule has 1 N–H and O–H groups in total. The predicted molar refractivity (Wildman–Crippen MR) is 120 cm³/mol. The topological polar surface area (TPSA) is 70.1 Å². The Morgan fingerprint density at radius 1 is 1.03 bits per heavy atom. The number of imidazole rings is 1. The first-order valence-corrected chi connectivity index (χ1v) is 10.5. The third-order valence-corrected chi connectivity index (χ3v) is 5.87. The van der Waals surface area contributed by atoms with Crippen molar-refractivity contribution in [2.45, 2.75) is 26.4 Å². The first-order chi connectivity index (χ1) is 14.6. The molecular weight excluding hydrogens is 376 g/mol. The van der Waals surface area contributed by atoms with Crippen molar-refractivity contribution in [2.24, 2.45) is 0 Å². The molecule has 0 amide bonds. The zero-order valence-electron chi connectivity index (χ0n) is 17.4. The summed E-state index contributed by atoms with van der Waals surface area (Å²) in [5.41, 5.74) is 4.02. The molecule has 0 atom stereocenters. The first kappa shape index (κ1) is 18.8. The number of benzene rings is 2. The number of para-hydroxylation sites is 2. The van der Waals surface area contributed by atoms with E-state index in [9.17, 15) is 4.79 Å². The van der Waals surface area contributed by atoms with Crippen LogP contribution in [0.2, 0.25) is 0 Å². The minimum absolute atomic E-state index is 0.0252. The summed E-state index contributed by atoms with van der Waals surface area (Å²) in [6.45, 7) is 8.64. The standard InChI is InChI=1S/C23H26N6O/c1-16(2)29-15-24-21-13-17(7-8-18(21)23(29)30)28-11-9-27(10-12-28)14-22-25-19-5-3-4-6-20(19)26-22/h3-8,13,15-16H,9-12,14H2,1-2H3,(H,25,26). The molecule has 0 spiro atoms. The number of fused-ring (bicyclic) bond motifs is 2. The Labute approximate surface area is 175 Å². The lowest BCUT2D eigenvalue weighted by Crippen LogP contribution is -2.46.